The van der Waals surface area contributed by atoms with Crippen LogP contribution in [0.2, 0.25) is 0 Å². The van der Waals surface area contributed by atoms with Gasteiger partial charge in [0.2, 0.25) is 0 Å². The van der Waals surface area contributed by atoms with Crippen LogP contribution < -0.4 is 5.32 Å². The van der Waals surface area contributed by atoms with E-state index in [2.05, 4.69) is 71.8 Å². The summed E-state index contributed by atoms with van der Waals surface area (Å²) in [5.74, 6) is 0. The fourth-order valence-electron chi connectivity index (χ4n) is 2.50. The Morgan fingerprint density at radius 3 is 2.52 bits per heavy atom. The van der Waals surface area contributed by atoms with Gasteiger partial charge in [0, 0.05) is 17.6 Å². The second-order valence-corrected chi connectivity index (χ2v) is 6.02. The molecule has 3 aromatic rings. The standard InChI is InChI=1S/C18H18N2S/c1-14-7-5-6-10-17(14)18(15-8-3-2-4-9-15)20-12-16-11-19-13-21-16/h2-11,13,18,20H,12H2,1H3. The molecule has 0 aliphatic rings. The first-order valence-corrected chi connectivity index (χ1v) is 7.94. The molecule has 0 radical (unpaired) electrons. The van der Waals surface area contributed by atoms with Crippen LogP contribution in [0.3, 0.4) is 0 Å². The number of hydrogen-bond donors (Lipinski definition) is 1. The average Bonchev–Trinajstić information content (AvgIpc) is 3.04. The van der Waals surface area contributed by atoms with Crippen molar-refractivity contribution in [2.75, 3.05) is 0 Å². The molecule has 1 heterocycles. The fourth-order valence-corrected chi connectivity index (χ4v) is 3.04. The van der Waals surface area contributed by atoms with Crippen molar-refractivity contribution in [1.29, 1.82) is 0 Å². The van der Waals surface area contributed by atoms with Crippen molar-refractivity contribution >= 4 is 11.3 Å². The number of thiazole rings is 1. The highest BCUT2D eigenvalue weighted by Gasteiger charge is 2.15. The quantitative estimate of drug-likeness (QED) is 0.757. The Hall–Kier alpha value is -1.97. The Labute approximate surface area is 129 Å². The zero-order valence-electron chi connectivity index (χ0n) is 12.0. The monoisotopic (exact) mass is 294 g/mol. The molecule has 0 aliphatic heterocycles. The van der Waals surface area contributed by atoms with Gasteiger partial charge in [0.05, 0.1) is 11.6 Å². The molecule has 106 valence electrons. The first kappa shape index (κ1) is 14.0. The summed E-state index contributed by atoms with van der Waals surface area (Å²) < 4.78 is 0. The van der Waals surface area contributed by atoms with Crippen LogP contribution >= 0.6 is 11.3 Å². The Morgan fingerprint density at radius 1 is 1.05 bits per heavy atom. The van der Waals surface area contributed by atoms with Crippen molar-refractivity contribution in [3.8, 4) is 0 Å². The van der Waals surface area contributed by atoms with Crippen molar-refractivity contribution < 1.29 is 0 Å². The minimum atomic E-state index is 0.203. The molecule has 3 heteroatoms. The molecule has 2 aromatic carbocycles. The highest BCUT2D eigenvalue weighted by atomic mass is 32.1. The summed E-state index contributed by atoms with van der Waals surface area (Å²) in [6.07, 6.45) is 1.93. The number of benzene rings is 2. The SMILES string of the molecule is Cc1ccccc1C(NCc1cncs1)c1ccccc1. The lowest BCUT2D eigenvalue weighted by Gasteiger charge is -2.21. The van der Waals surface area contributed by atoms with E-state index < -0.39 is 0 Å². The average molecular weight is 294 g/mol. The Kier molecular flexibility index (Phi) is 4.43. The van der Waals surface area contributed by atoms with Gasteiger partial charge in [0.15, 0.2) is 0 Å². The third kappa shape index (κ3) is 3.38. The highest BCUT2D eigenvalue weighted by molar-refractivity contribution is 7.09. The lowest BCUT2D eigenvalue weighted by Crippen LogP contribution is -2.22. The molecule has 0 bridgehead atoms. The van der Waals surface area contributed by atoms with Gasteiger partial charge >= 0.3 is 0 Å². The van der Waals surface area contributed by atoms with E-state index in [9.17, 15) is 0 Å². The number of hydrogen-bond acceptors (Lipinski definition) is 3. The summed E-state index contributed by atoms with van der Waals surface area (Å²) in [7, 11) is 0. The molecule has 1 atom stereocenters. The summed E-state index contributed by atoms with van der Waals surface area (Å²) in [4.78, 5) is 5.40. The first-order chi connectivity index (χ1) is 10.3. The van der Waals surface area contributed by atoms with Crippen LogP contribution in [-0.2, 0) is 6.54 Å². The smallest absolute Gasteiger partial charge is 0.0794 e. The van der Waals surface area contributed by atoms with E-state index in [1.807, 2.05) is 11.7 Å². The van der Waals surface area contributed by atoms with E-state index in [1.165, 1.54) is 21.6 Å². The van der Waals surface area contributed by atoms with Crippen LogP contribution in [0.15, 0.2) is 66.3 Å². The van der Waals surface area contributed by atoms with Gasteiger partial charge in [-0.1, -0.05) is 54.6 Å². The van der Waals surface area contributed by atoms with Crippen molar-refractivity contribution in [3.05, 3.63) is 87.9 Å². The van der Waals surface area contributed by atoms with Gasteiger partial charge in [-0.05, 0) is 23.6 Å². The fraction of sp³-hybridized carbons (Fsp3) is 0.167. The molecule has 0 saturated carbocycles. The lowest BCUT2D eigenvalue weighted by atomic mass is 9.95. The minimum absolute atomic E-state index is 0.203. The molecule has 1 aromatic heterocycles. The Balaban J connectivity index is 1.90. The van der Waals surface area contributed by atoms with E-state index >= 15 is 0 Å². The molecule has 1 N–H and O–H groups in total. The molecule has 0 saturated heterocycles. The van der Waals surface area contributed by atoms with Gasteiger partial charge in [-0.15, -0.1) is 11.3 Å². The molecule has 0 fully saturated rings. The number of nitrogens with zero attached hydrogens (tertiary/aromatic N) is 1. The maximum absolute atomic E-state index is 4.14. The van der Waals surface area contributed by atoms with Gasteiger partial charge in [-0.3, -0.25) is 4.98 Å². The number of aryl methyl sites for hydroxylation is 1. The second-order valence-electron chi connectivity index (χ2n) is 5.05. The normalized spacial score (nSPS) is 12.2. The summed E-state index contributed by atoms with van der Waals surface area (Å²) in [5, 5.41) is 3.67. The predicted molar refractivity (Wildman–Crippen MR) is 88.4 cm³/mol. The van der Waals surface area contributed by atoms with E-state index in [1.54, 1.807) is 11.3 Å². The minimum Gasteiger partial charge on any atom is -0.301 e. The van der Waals surface area contributed by atoms with Crippen LogP contribution in [0.5, 0.6) is 0 Å². The predicted octanol–water partition coefficient (Wildman–Crippen LogP) is 4.33. The molecular formula is C18H18N2S. The molecule has 21 heavy (non-hydrogen) atoms. The summed E-state index contributed by atoms with van der Waals surface area (Å²) in [6, 6.07) is 19.4. The van der Waals surface area contributed by atoms with E-state index in [0.717, 1.165) is 6.54 Å². The molecule has 1 unspecified atom stereocenters. The van der Waals surface area contributed by atoms with E-state index in [4.69, 9.17) is 0 Å². The molecule has 2 nitrogen and oxygen atoms in total. The number of rotatable bonds is 5. The van der Waals surface area contributed by atoms with Gasteiger partial charge in [0.1, 0.15) is 0 Å². The first-order valence-electron chi connectivity index (χ1n) is 7.06. The number of aromatic nitrogens is 1. The highest BCUT2D eigenvalue weighted by Crippen LogP contribution is 2.25. The lowest BCUT2D eigenvalue weighted by molar-refractivity contribution is 0.607. The maximum Gasteiger partial charge on any atom is 0.0794 e. The van der Waals surface area contributed by atoms with Gasteiger partial charge < -0.3 is 5.32 Å². The summed E-state index contributed by atoms with van der Waals surface area (Å²) >= 11 is 1.69. The van der Waals surface area contributed by atoms with Crippen molar-refractivity contribution in [3.63, 3.8) is 0 Å². The maximum atomic E-state index is 4.14. The van der Waals surface area contributed by atoms with Crippen LogP contribution in [0.1, 0.15) is 27.6 Å². The zero-order valence-corrected chi connectivity index (χ0v) is 12.8. The van der Waals surface area contributed by atoms with E-state index in [-0.39, 0.29) is 6.04 Å². The third-order valence-electron chi connectivity index (χ3n) is 3.60. The summed E-state index contributed by atoms with van der Waals surface area (Å²) in [6.45, 7) is 3.00. The van der Waals surface area contributed by atoms with Crippen LogP contribution in [0.4, 0.5) is 0 Å². The molecule has 0 spiro atoms. The molecule has 0 amide bonds. The van der Waals surface area contributed by atoms with Crippen LogP contribution in [0, 0.1) is 6.92 Å². The van der Waals surface area contributed by atoms with Crippen LogP contribution in [0.25, 0.3) is 0 Å². The van der Waals surface area contributed by atoms with E-state index in [0.29, 0.717) is 0 Å². The zero-order chi connectivity index (χ0) is 14.5. The van der Waals surface area contributed by atoms with Crippen molar-refractivity contribution in [2.24, 2.45) is 0 Å². The van der Waals surface area contributed by atoms with Gasteiger partial charge in [-0.2, -0.15) is 0 Å². The van der Waals surface area contributed by atoms with Crippen LogP contribution in [-0.4, -0.2) is 4.98 Å². The van der Waals surface area contributed by atoms with Crippen molar-refractivity contribution in [1.82, 2.24) is 10.3 Å². The Morgan fingerprint density at radius 2 is 1.81 bits per heavy atom. The number of nitrogens with one attached hydrogen (secondary N) is 1. The van der Waals surface area contributed by atoms with Crippen molar-refractivity contribution in [2.45, 2.75) is 19.5 Å². The third-order valence-corrected chi connectivity index (χ3v) is 4.38. The molecular weight excluding hydrogens is 276 g/mol. The van der Waals surface area contributed by atoms with Gasteiger partial charge in [0.25, 0.3) is 0 Å². The molecule has 0 aliphatic carbocycles. The molecule has 3 rings (SSSR count). The Bertz CT molecular complexity index is 677. The largest absolute Gasteiger partial charge is 0.301 e. The topological polar surface area (TPSA) is 24.9 Å². The second kappa shape index (κ2) is 6.66. The summed E-state index contributed by atoms with van der Waals surface area (Å²) in [5.41, 5.74) is 5.80. The van der Waals surface area contributed by atoms with Gasteiger partial charge in [-0.25, -0.2) is 0 Å².